The van der Waals surface area contributed by atoms with Crippen molar-refractivity contribution in [2.75, 3.05) is 0 Å². The average molecular weight is 97.1 g/mol. The van der Waals surface area contributed by atoms with Crippen LogP contribution in [0.5, 0.6) is 0 Å². The monoisotopic (exact) mass is 97.0 g/mol. The third-order valence-corrected chi connectivity index (χ3v) is 0.303. The van der Waals surface area contributed by atoms with Crippen LogP contribution in [-0.2, 0) is 9.59 Å². The van der Waals surface area contributed by atoms with E-state index in [9.17, 15) is 9.59 Å². The van der Waals surface area contributed by atoms with Gasteiger partial charge in [-0.05, 0) is 6.08 Å². The second kappa shape index (κ2) is 3.08. The van der Waals surface area contributed by atoms with Crippen molar-refractivity contribution >= 4 is 12.2 Å². The first-order valence-corrected chi connectivity index (χ1v) is 1.57. The third-order valence-electron chi connectivity index (χ3n) is 0.303. The number of carbonyl (C=O) groups excluding carboxylic acids is 2. The first-order chi connectivity index (χ1) is 3.27. The van der Waals surface area contributed by atoms with E-state index in [1.807, 2.05) is 0 Å². The molecule has 0 aromatic carbocycles. The molecule has 0 rings (SSSR count). The summed E-state index contributed by atoms with van der Waals surface area (Å²) in [6.45, 7) is 0. The topological polar surface area (TPSA) is 57.9 Å². The summed E-state index contributed by atoms with van der Waals surface area (Å²) in [6.07, 6.45) is 3.01. The standard InChI is InChI=1S/C4H3NO2/c5-4(7)2-1-3-6/h1-2,5H/b2-1-. The maximum atomic E-state index is 9.60. The zero-order valence-electron chi connectivity index (χ0n) is 3.47. The first kappa shape index (κ1) is 5.88. The van der Waals surface area contributed by atoms with Crippen molar-refractivity contribution in [2.24, 2.45) is 0 Å². The fraction of sp³-hybridized carbons (Fsp3) is 0. The molecule has 7 heavy (non-hydrogen) atoms. The molecule has 3 nitrogen and oxygen atoms in total. The largest absolute Gasteiger partial charge is 0.286 e. The van der Waals surface area contributed by atoms with E-state index in [1.165, 1.54) is 6.29 Å². The molecule has 0 aliphatic rings. The summed E-state index contributed by atoms with van der Waals surface area (Å²) >= 11 is 0. The van der Waals surface area contributed by atoms with E-state index in [0.29, 0.717) is 0 Å². The van der Waals surface area contributed by atoms with Crippen LogP contribution in [-0.4, -0.2) is 12.2 Å². The Labute approximate surface area is 40.8 Å². The second-order valence-corrected chi connectivity index (χ2v) is 0.815. The van der Waals surface area contributed by atoms with Gasteiger partial charge < -0.3 is 0 Å². The highest BCUT2D eigenvalue weighted by molar-refractivity contribution is 5.88. The third kappa shape index (κ3) is 4.88. The van der Waals surface area contributed by atoms with Crippen molar-refractivity contribution in [2.45, 2.75) is 0 Å². The van der Waals surface area contributed by atoms with Crippen molar-refractivity contribution in [1.29, 1.82) is 0 Å². The van der Waals surface area contributed by atoms with Crippen LogP contribution in [0.15, 0.2) is 12.2 Å². The van der Waals surface area contributed by atoms with E-state index < -0.39 is 5.91 Å². The summed E-state index contributed by atoms with van der Waals surface area (Å²) in [5, 5.41) is 0. The molecule has 0 aliphatic heterocycles. The Morgan fingerprint density at radius 2 is 2.29 bits per heavy atom. The summed E-state index contributed by atoms with van der Waals surface area (Å²) in [7, 11) is 0. The quantitative estimate of drug-likeness (QED) is 0.434. The molecular weight excluding hydrogens is 94.0 g/mol. The molecule has 0 aliphatic carbocycles. The molecule has 36 valence electrons. The van der Waals surface area contributed by atoms with Crippen LogP contribution in [0.1, 0.15) is 0 Å². The van der Waals surface area contributed by atoms with Crippen LogP contribution in [0.2, 0.25) is 0 Å². The van der Waals surface area contributed by atoms with Gasteiger partial charge in [0.1, 0.15) is 0 Å². The van der Waals surface area contributed by atoms with E-state index in [1.54, 1.807) is 0 Å². The van der Waals surface area contributed by atoms with Gasteiger partial charge >= 0.3 is 0 Å². The van der Waals surface area contributed by atoms with Crippen LogP contribution >= 0.6 is 0 Å². The Bertz CT molecular complexity index is 106. The minimum absolute atomic E-state index is 0.826. The molecule has 1 N–H and O–H groups in total. The van der Waals surface area contributed by atoms with Gasteiger partial charge in [0.15, 0.2) is 0 Å². The van der Waals surface area contributed by atoms with Crippen molar-refractivity contribution in [3.63, 3.8) is 0 Å². The van der Waals surface area contributed by atoms with E-state index in [2.05, 4.69) is 0 Å². The van der Waals surface area contributed by atoms with E-state index in [0.717, 1.165) is 12.2 Å². The molecule has 0 unspecified atom stereocenters. The number of carbonyl (C=O) groups is 1. The van der Waals surface area contributed by atoms with Gasteiger partial charge in [-0.25, -0.2) is 0 Å². The zero-order chi connectivity index (χ0) is 5.70. The van der Waals surface area contributed by atoms with Gasteiger partial charge in [0.05, 0.1) is 0 Å². The summed E-state index contributed by atoms with van der Waals surface area (Å²) < 4.78 is 0. The lowest BCUT2D eigenvalue weighted by Crippen LogP contribution is -1.88. The highest BCUT2D eigenvalue weighted by Crippen LogP contribution is 1.62. The Morgan fingerprint density at radius 1 is 1.71 bits per heavy atom. The molecule has 0 saturated carbocycles. The number of allylic oxidation sites excluding steroid dienone is 1. The summed E-state index contributed by atoms with van der Waals surface area (Å²) in [5.74, 6) is -0.886. The van der Waals surface area contributed by atoms with Gasteiger partial charge in [0.25, 0.3) is 5.91 Å². The molecule has 0 fully saturated rings. The number of nitrogens with one attached hydrogen (secondary N) is 1. The number of hydrogen-bond donors (Lipinski definition) is 0. The maximum absolute atomic E-state index is 9.60. The molecular formula is C4H3NO2. The molecule has 0 heterocycles. The Balaban J connectivity index is 3.46. The van der Waals surface area contributed by atoms with Crippen LogP contribution in [0.25, 0.3) is 0 Å². The second-order valence-electron chi connectivity index (χ2n) is 0.815. The minimum Gasteiger partial charge on any atom is -0.286 e. The molecule has 0 aromatic rings. The van der Waals surface area contributed by atoms with Crippen LogP contribution in [0.3, 0.4) is 0 Å². The van der Waals surface area contributed by atoms with Crippen LogP contribution < -0.4 is 5.73 Å². The summed E-state index contributed by atoms with van der Waals surface area (Å²) in [4.78, 5) is 18.9. The van der Waals surface area contributed by atoms with Crippen LogP contribution in [0, 0.1) is 0 Å². The van der Waals surface area contributed by atoms with Gasteiger partial charge in [-0.15, -0.1) is 0 Å². The van der Waals surface area contributed by atoms with Gasteiger partial charge in [-0.3, -0.25) is 15.3 Å². The van der Waals surface area contributed by atoms with Crippen molar-refractivity contribution in [3.8, 4) is 0 Å². The molecule has 0 aromatic heterocycles. The average Bonchev–Trinajstić information content (AvgIpc) is 1.61. The number of amides is 1. The summed E-state index contributed by atoms with van der Waals surface area (Å²) in [6, 6.07) is 0. The van der Waals surface area contributed by atoms with E-state index >= 15 is 0 Å². The molecule has 1 amide bonds. The van der Waals surface area contributed by atoms with E-state index in [4.69, 9.17) is 5.73 Å². The fourth-order valence-electron chi connectivity index (χ4n) is 0.110. The van der Waals surface area contributed by atoms with Crippen molar-refractivity contribution < 1.29 is 9.59 Å². The first-order valence-electron chi connectivity index (χ1n) is 1.57. The van der Waals surface area contributed by atoms with Gasteiger partial charge in [-0.2, -0.15) is 0 Å². The fourth-order valence-corrected chi connectivity index (χ4v) is 0.110. The zero-order valence-corrected chi connectivity index (χ0v) is 3.47. The maximum Gasteiger partial charge on any atom is 0.262 e. The van der Waals surface area contributed by atoms with Gasteiger partial charge in [-0.1, -0.05) is 0 Å². The van der Waals surface area contributed by atoms with Gasteiger partial charge in [0.2, 0.25) is 6.29 Å². The highest BCUT2D eigenvalue weighted by atomic mass is 16.1. The van der Waals surface area contributed by atoms with E-state index in [-0.39, 0.29) is 0 Å². The Kier molecular flexibility index (Phi) is 2.59. The van der Waals surface area contributed by atoms with Crippen LogP contribution in [0.4, 0.5) is 0 Å². The highest BCUT2D eigenvalue weighted by Gasteiger charge is 1.78. The molecule has 0 bridgehead atoms. The number of rotatable bonds is 2. The summed E-state index contributed by atoms with van der Waals surface area (Å²) in [5.41, 5.74) is 6.18. The molecule has 2 radical (unpaired) electrons. The SMILES string of the molecule is [NH]C(=O)/C=C\[C]=O. The molecule has 0 spiro atoms. The lowest BCUT2D eigenvalue weighted by Gasteiger charge is -1.66. The van der Waals surface area contributed by atoms with Crippen molar-refractivity contribution in [3.05, 3.63) is 12.2 Å². The normalized spacial score (nSPS) is 9.14. The predicted molar refractivity (Wildman–Crippen MR) is 22.9 cm³/mol. The molecule has 3 heteroatoms. The molecule has 0 atom stereocenters. The lowest BCUT2D eigenvalue weighted by molar-refractivity contribution is -0.114. The number of hydrogen-bond acceptors (Lipinski definition) is 2. The van der Waals surface area contributed by atoms with Gasteiger partial charge in [0, 0.05) is 6.08 Å². The predicted octanol–water partition coefficient (Wildman–Crippen LogP) is -0.538. The Morgan fingerprint density at radius 3 is 2.43 bits per heavy atom. The lowest BCUT2D eigenvalue weighted by atomic mass is 10.5. The molecule has 0 saturated heterocycles. The van der Waals surface area contributed by atoms with Crippen molar-refractivity contribution in [1.82, 2.24) is 5.73 Å². The minimum atomic E-state index is -0.886. The smallest absolute Gasteiger partial charge is 0.262 e. The Hall–Kier alpha value is -1.12.